The maximum atomic E-state index is 13.9. The van der Waals surface area contributed by atoms with Crippen molar-refractivity contribution >= 4 is 27.5 Å². The molecule has 2 rings (SSSR count). The Morgan fingerprint density at radius 2 is 1.92 bits per heavy atom. The number of carbonyl (C=O) groups excluding carboxylic acids is 1. The highest BCUT2D eigenvalue weighted by atomic mass is 35.5. The third-order valence-electron chi connectivity index (χ3n) is 4.98. The number of nitrogens with zero attached hydrogens (tertiary/aromatic N) is 1. The normalized spacial score (nSPS) is 18.1. The zero-order chi connectivity index (χ0) is 19.5. The summed E-state index contributed by atoms with van der Waals surface area (Å²) in [5.41, 5.74) is -0.0141. The molecule has 0 saturated carbocycles. The summed E-state index contributed by atoms with van der Waals surface area (Å²) in [6.45, 7) is 6.54. The van der Waals surface area contributed by atoms with Crippen LogP contribution in [0.25, 0.3) is 0 Å². The quantitative estimate of drug-likeness (QED) is 0.791. The lowest BCUT2D eigenvalue weighted by atomic mass is 9.96. The summed E-state index contributed by atoms with van der Waals surface area (Å²) in [7, 11) is -3.69. The van der Waals surface area contributed by atoms with Gasteiger partial charge in [-0.25, -0.2) is 17.1 Å². The fourth-order valence-electron chi connectivity index (χ4n) is 2.85. The van der Waals surface area contributed by atoms with E-state index in [1.807, 2.05) is 20.8 Å². The van der Waals surface area contributed by atoms with Gasteiger partial charge in [-0.15, -0.1) is 0 Å². The summed E-state index contributed by atoms with van der Waals surface area (Å²) in [6, 6.07) is 4.19. The van der Waals surface area contributed by atoms with Gasteiger partial charge in [0.2, 0.25) is 15.9 Å². The molecule has 146 valence electrons. The molecular formula is C18H26ClFN2O3S. The van der Waals surface area contributed by atoms with Gasteiger partial charge >= 0.3 is 0 Å². The Hall–Kier alpha value is -1.18. The number of benzene rings is 1. The number of piperidine rings is 1. The molecule has 0 aromatic heterocycles. The third-order valence-corrected chi connectivity index (χ3v) is 7.14. The summed E-state index contributed by atoms with van der Waals surface area (Å²) >= 11 is 5.94. The Morgan fingerprint density at radius 1 is 1.31 bits per heavy atom. The van der Waals surface area contributed by atoms with Gasteiger partial charge in [-0.3, -0.25) is 4.79 Å². The van der Waals surface area contributed by atoms with Crippen LogP contribution in [0.15, 0.2) is 18.2 Å². The molecule has 1 heterocycles. The van der Waals surface area contributed by atoms with Gasteiger partial charge in [0.1, 0.15) is 5.82 Å². The standard InChI is InChI=1S/C18H26ClFN2O3S/c1-12(2)13(3)21-18(23)14-7-9-22(10-8-14)26(24,25)11-15-16(19)5-4-6-17(15)20/h4-6,12-14H,7-11H2,1-3H3,(H,21,23)/t13-/m1/s1. The van der Waals surface area contributed by atoms with Crippen molar-refractivity contribution in [3.63, 3.8) is 0 Å². The molecule has 5 nitrogen and oxygen atoms in total. The fraction of sp³-hybridized carbons (Fsp3) is 0.611. The average Bonchev–Trinajstić information content (AvgIpc) is 2.58. The number of nitrogens with one attached hydrogen (secondary N) is 1. The molecule has 1 amide bonds. The van der Waals surface area contributed by atoms with Crippen LogP contribution in [0.1, 0.15) is 39.2 Å². The van der Waals surface area contributed by atoms with Crippen LogP contribution in [-0.2, 0) is 20.6 Å². The summed E-state index contributed by atoms with van der Waals surface area (Å²) in [5.74, 6) is -0.984. The number of hydrogen-bond donors (Lipinski definition) is 1. The van der Waals surface area contributed by atoms with E-state index in [9.17, 15) is 17.6 Å². The van der Waals surface area contributed by atoms with Gasteiger partial charge < -0.3 is 5.32 Å². The zero-order valence-corrected chi connectivity index (χ0v) is 16.9. The van der Waals surface area contributed by atoms with E-state index in [-0.39, 0.29) is 41.5 Å². The second-order valence-electron chi connectivity index (χ2n) is 7.17. The molecular weight excluding hydrogens is 379 g/mol. The van der Waals surface area contributed by atoms with Crippen LogP contribution >= 0.6 is 11.6 Å². The van der Waals surface area contributed by atoms with Gasteiger partial charge in [0.05, 0.1) is 5.75 Å². The molecule has 0 spiro atoms. The molecule has 26 heavy (non-hydrogen) atoms. The van der Waals surface area contributed by atoms with E-state index in [2.05, 4.69) is 5.32 Å². The summed E-state index contributed by atoms with van der Waals surface area (Å²) in [5, 5.41) is 3.09. The highest BCUT2D eigenvalue weighted by molar-refractivity contribution is 7.88. The highest BCUT2D eigenvalue weighted by Gasteiger charge is 2.32. The molecule has 1 aliphatic rings. The number of rotatable bonds is 6. The minimum Gasteiger partial charge on any atom is -0.353 e. The van der Waals surface area contributed by atoms with Crippen LogP contribution in [0.4, 0.5) is 4.39 Å². The molecule has 0 aliphatic carbocycles. The second kappa shape index (κ2) is 8.67. The van der Waals surface area contributed by atoms with Crippen molar-refractivity contribution in [2.24, 2.45) is 11.8 Å². The number of carbonyl (C=O) groups is 1. The first-order valence-corrected chi connectivity index (χ1v) is 10.8. The predicted octanol–water partition coefficient (Wildman–Crippen LogP) is 3.18. The SMILES string of the molecule is CC(C)[C@@H](C)NC(=O)C1CCN(S(=O)(=O)Cc2c(F)cccc2Cl)CC1. The van der Waals surface area contributed by atoms with Crippen LogP contribution < -0.4 is 5.32 Å². The molecule has 0 radical (unpaired) electrons. The smallest absolute Gasteiger partial charge is 0.223 e. The maximum Gasteiger partial charge on any atom is 0.223 e. The molecule has 8 heteroatoms. The Balaban J connectivity index is 1.97. The van der Waals surface area contributed by atoms with Crippen molar-refractivity contribution < 1.29 is 17.6 Å². The van der Waals surface area contributed by atoms with E-state index in [0.29, 0.717) is 18.8 Å². The molecule has 1 aromatic carbocycles. The van der Waals surface area contributed by atoms with E-state index in [0.717, 1.165) is 0 Å². The van der Waals surface area contributed by atoms with E-state index in [4.69, 9.17) is 11.6 Å². The van der Waals surface area contributed by atoms with Gasteiger partial charge in [0, 0.05) is 35.6 Å². The largest absolute Gasteiger partial charge is 0.353 e. The van der Waals surface area contributed by atoms with Gasteiger partial charge in [-0.05, 0) is 37.8 Å². The van der Waals surface area contributed by atoms with Crippen molar-refractivity contribution in [2.75, 3.05) is 13.1 Å². The van der Waals surface area contributed by atoms with E-state index in [1.54, 1.807) is 0 Å². The van der Waals surface area contributed by atoms with E-state index in [1.165, 1.54) is 22.5 Å². The van der Waals surface area contributed by atoms with Crippen molar-refractivity contribution in [1.29, 1.82) is 0 Å². The van der Waals surface area contributed by atoms with E-state index >= 15 is 0 Å². The molecule has 1 fully saturated rings. The number of sulfonamides is 1. The number of hydrogen-bond acceptors (Lipinski definition) is 3. The maximum absolute atomic E-state index is 13.9. The first-order valence-electron chi connectivity index (χ1n) is 8.83. The zero-order valence-electron chi connectivity index (χ0n) is 15.3. The van der Waals surface area contributed by atoms with Crippen molar-refractivity contribution in [3.8, 4) is 0 Å². The Morgan fingerprint density at radius 3 is 2.46 bits per heavy atom. The fourth-order valence-corrected chi connectivity index (χ4v) is 4.77. The Labute approximate surface area is 160 Å². The average molecular weight is 405 g/mol. The molecule has 0 bridgehead atoms. The molecule has 1 saturated heterocycles. The predicted molar refractivity (Wildman–Crippen MR) is 101 cm³/mol. The summed E-state index contributed by atoms with van der Waals surface area (Å²) in [4.78, 5) is 12.3. The van der Waals surface area contributed by atoms with Crippen LogP contribution in [-0.4, -0.2) is 37.8 Å². The summed E-state index contributed by atoms with van der Waals surface area (Å²) in [6.07, 6.45) is 0.918. The molecule has 1 N–H and O–H groups in total. The highest BCUT2D eigenvalue weighted by Crippen LogP contribution is 2.26. The lowest BCUT2D eigenvalue weighted by molar-refractivity contribution is -0.127. The first-order chi connectivity index (χ1) is 12.1. The van der Waals surface area contributed by atoms with E-state index < -0.39 is 21.6 Å². The lowest BCUT2D eigenvalue weighted by Gasteiger charge is -2.31. The van der Waals surface area contributed by atoms with Crippen LogP contribution in [0.3, 0.4) is 0 Å². The van der Waals surface area contributed by atoms with Gasteiger partial charge in [-0.2, -0.15) is 0 Å². The van der Waals surface area contributed by atoms with Crippen molar-refractivity contribution in [2.45, 2.75) is 45.4 Å². The molecule has 1 aromatic rings. The lowest BCUT2D eigenvalue weighted by Crippen LogP contribution is -2.46. The minimum absolute atomic E-state index is 0.0141. The van der Waals surface area contributed by atoms with Crippen LogP contribution in [0, 0.1) is 17.7 Å². The van der Waals surface area contributed by atoms with Crippen LogP contribution in [0.2, 0.25) is 5.02 Å². The van der Waals surface area contributed by atoms with Crippen LogP contribution in [0.5, 0.6) is 0 Å². The second-order valence-corrected chi connectivity index (χ2v) is 9.55. The third kappa shape index (κ3) is 5.18. The van der Waals surface area contributed by atoms with Crippen molar-refractivity contribution in [3.05, 3.63) is 34.6 Å². The van der Waals surface area contributed by atoms with Gasteiger partial charge in [0.15, 0.2) is 0 Å². The Bertz CT molecular complexity index is 727. The monoisotopic (exact) mass is 404 g/mol. The van der Waals surface area contributed by atoms with Gasteiger partial charge in [-0.1, -0.05) is 31.5 Å². The van der Waals surface area contributed by atoms with Crippen molar-refractivity contribution in [1.82, 2.24) is 9.62 Å². The summed E-state index contributed by atoms with van der Waals surface area (Å²) < 4.78 is 40.4. The van der Waals surface area contributed by atoms with Gasteiger partial charge in [0.25, 0.3) is 0 Å². The Kier molecular flexibility index (Phi) is 7.05. The number of halogens is 2. The first kappa shape index (κ1) is 21.1. The topological polar surface area (TPSA) is 66.5 Å². The number of amides is 1. The minimum atomic E-state index is -3.69. The molecule has 0 unspecified atom stereocenters. The molecule has 1 atom stereocenters. The molecule has 1 aliphatic heterocycles.